The van der Waals surface area contributed by atoms with Gasteiger partial charge in [0.05, 0.1) is 45.9 Å². The highest BCUT2D eigenvalue weighted by Crippen LogP contribution is 2.22. The monoisotopic (exact) mass is 418 g/mol. The van der Waals surface area contributed by atoms with Crippen LogP contribution in [0.1, 0.15) is 46.0 Å². The maximum absolute atomic E-state index is 13.2. The van der Waals surface area contributed by atoms with Crippen molar-refractivity contribution < 1.29 is 14.3 Å². The average Bonchev–Trinajstić information content (AvgIpc) is 2.73. The summed E-state index contributed by atoms with van der Waals surface area (Å²) >= 11 is 0. The van der Waals surface area contributed by atoms with Gasteiger partial charge in [-0.2, -0.15) is 0 Å². The molecule has 0 bridgehead atoms. The van der Waals surface area contributed by atoms with Crippen molar-refractivity contribution in [3.05, 3.63) is 65.0 Å². The number of hydrogen-bond donors (Lipinski definition) is 1. The molecule has 3 aromatic rings. The van der Waals surface area contributed by atoms with Crippen molar-refractivity contribution >= 4 is 28.5 Å². The summed E-state index contributed by atoms with van der Waals surface area (Å²) in [5.41, 5.74) is 4.50. The third-order valence-electron chi connectivity index (χ3n) is 5.45. The Bertz CT molecular complexity index is 1150. The van der Waals surface area contributed by atoms with Crippen molar-refractivity contribution in [1.82, 2.24) is 14.9 Å². The Balaban J connectivity index is 1.59. The van der Waals surface area contributed by atoms with Crippen LogP contribution in [0.3, 0.4) is 0 Å². The number of amides is 2. The number of benzene rings is 2. The van der Waals surface area contributed by atoms with E-state index in [0.29, 0.717) is 35.4 Å². The summed E-state index contributed by atoms with van der Waals surface area (Å²) in [7, 11) is 0. The molecule has 0 unspecified atom stereocenters. The SMILES string of the molecule is Cc1nc2ccc(C(=O)Nc3ccccc3C(=O)N3C[C@@H](C)O[C@H](C)C3)cc2nc1C. The molecule has 1 N–H and O–H groups in total. The van der Waals surface area contributed by atoms with Crippen molar-refractivity contribution in [2.75, 3.05) is 18.4 Å². The molecule has 2 amide bonds. The van der Waals surface area contributed by atoms with Crippen LogP contribution in [0.15, 0.2) is 42.5 Å². The van der Waals surface area contributed by atoms with E-state index in [0.717, 1.165) is 16.9 Å². The largest absolute Gasteiger partial charge is 0.372 e. The average molecular weight is 418 g/mol. The summed E-state index contributed by atoms with van der Waals surface area (Å²) < 4.78 is 5.73. The summed E-state index contributed by atoms with van der Waals surface area (Å²) in [5.74, 6) is -0.417. The maximum atomic E-state index is 13.2. The van der Waals surface area contributed by atoms with E-state index in [2.05, 4.69) is 15.3 Å². The second-order valence-corrected chi connectivity index (χ2v) is 8.07. The van der Waals surface area contributed by atoms with Crippen LogP contribution >= 0.6 is 0 Å². The lowest BCUT2D eigenvalue weighted by molar-refractivity contribution is -0.0585. The first-order valence-electron chi connectivity index (χ1n) is 10.4. The van der Waals surface area contributed by atoms with Gasteiger partial charge in [0, 0.05) is 18.7 Å². The van der Waals surface area contributed by atoms with Crippen LogP contribution < -0.4 is 5.32 Å². The Morgan fingerprint density at radius 1 is 0.968 bits per heavy atom. The highest BCUT2D eigenvalue weighted by molar-refractivity contribution is 6.09. The topological polar surface area (TPSA) is 84.4 Å². The number of anilines is 1. The molecule has 0 radical (unpaired) electrons. The van der Waals surface area contributed by atoms with Crippen LogP contribution in [-0.4, -0.2) is 52.0 Å². The zero-order chi connectivity index (χ0) is 22.1. The molecule has 0 saturated carbocycles. The highest BCUT2D eigenvalue weighted by Gasteiger charge is 2.28. The van der Waals surface area contributed by atoms with Gasteiger partial charge < -0.3 is 15.0 Å². The van der Waals surface area contributed by atoms with E-state index >= 15 is 0 Å². The number of carbonyl (C=O) groups excluding carboxylic acids is 2. The van der Waals surface area contributed by atoms with Crippen molar-refractivity contribution in [1.29, 1.82) is 0 Å². The van der Waals surface area contributed by atoms with Gasteiger partial charge in [0.25, 0.3) is 11.8 Å². The zero-order valence-electron chi connectivity index (χ0n) is 18.2. The van der Waals surface area contributed by atoms with Crippen molar-refractivity contribution in [3.63, 3.8) is 0 Å². The number of hydrogen-bond acceptors (Lipinski definition) is 5. The number of fused-ring (bicyclic) bond motifs is 1. The van der Waals surface area contributed by atoms with E-state index in [1.165, 1.54) is 0 Å². The molecule has 1 aromatic heterocycles. The third kappa shape index (κ3) is 4.41. The van der Waals surface area contributed by atoms with Gasteiger partial charge in [0.15, 0.2) is 0 Å². The minimum atomic E-state index is -0.300. The van der Waals surface area contributed by atoms with Gasteiger partial charge >= 0.3 is 0 Å². The van der Waals surface area contributed by atoms with Gasteiger partial charge in [-0.25, -0.2) is 9.97 Å². The molecule has 7 heteroatoms. The smallest absolute Gasteiger partial charge is 0.256 e. The number of carbonyl (C=O) groups is 2. The number of nitrogens with one attached hydrogen (secondary N) is 1. The molecule has 1 aliphatic rings. The molecule has 2 atom stereocenters. The first kappa shape index (κ1) is 20.9. The second kappa shape index (κ2) is 8.43. The number of nitrogens with zero attached hydrogens (tertiary/aromatic N) is 3. The molecule has 1 fully saturated rings. The fourth-order valence-corrected chi connectivity index (χ4v) is 3.86. The van der Waals surface area contributed by atoms with E-state index in [4.69, 9.17) is 4.74 Å². The molecule has 31 heavy (non-hydrogen) atoms. The molecule has 2 heterocycles. The molecule has 4 rings (SSSR count). The van der Waals surface area contributed by atoms with Crippen LogP contribution in [0.4, 0.5) is 5.69 Å². The maximum Gasteiger partial charge on any atom is 0.256 e. The summed E-state index contributed by atoms with van der Waals surface area (Å²) in [4.78, 5) is 37.0. The third-order valence-corrected chi connectivity index (χ3v) is 5.45. The molecule has 7 nitrogen and oxygen atoms in total. The predicted octanol–water partition coefficient (Wildman–Crippen LogP) is 3.75. The number of aryl methyl sites for hydroxylation is 2. The molecule has 0 aliphatic carbocycles. The predicted molar refractivity (Wildman–Crippen MR) is 119 cm³/mol. The zero-order valence-corrected chi connectivity index (χ0v) is 18.2. The Hall–Kier alpha value is -3.32. The van der Waals surface area contributed by atoms with Gasteiger partial charge in [-0.1, -0.05) is 12.1 Å². The molecule has 0 spiro atoms. The fraction of sp³-hybridized carbons (Fsp3) is 0.333. The number of ether oxygens (including phenoxy) is 1. The molecule has 1 saturated heterocycles. The van der Waals surface area contributed by atoms with Gasteiger partial charge in [-0.05, 0) is 58.0 Å². The lowest BCUT2D eigenvalue weighted by Crippen LogP contribution is -2.48. The summed E-state index contributed by atoms with van der Waals surface area (Å²) in [5, 5.41) is 2.89. The van der Waals surface area contributed by atoms with Crippen LogP contribution in [0.2, 0.25) is 0 Å². The Kier molecular flexibility index (Phi) is 5.69. The fourth-order valence-electron chi connectivity index (χ4n) is 3.86. The van der Waals surface area contributed by atoms with Gasteiger partial charge in [0.2, 0.25) is 0 Å². The Morgan fingerprint density at radius 2 is 1.61 bits per heavy atom. The van der Waals surface area contributed by atoms with Gasteiger partial charge in [0.1, 0.15) is 0 Å². The van der Waals surface area contributed by atoms with E-state index in [9.17, 15) is 9.59 Å². The molecular formula is C24H26N4O3. The normalized spacial score (nSPS) is 18.8. The lowest BCUT2D eigenvalue weighted by atomic mass is 10.1. The number of para-hydroxylation sites is 1. The van der Waals surface area contributed by atoms with Crippen molar-refractivity contribution in [2.45, 2.75) is 39.9 Å². The standard InChI is InChI=1S/C24H26N4O3/c1-14-12-28(13-15(2)31-14)24(30)19-7-5-6-8-20(19)27-23(29)18-9-10-21-22(11-18)26-17(4)16(3)25-21/h5-11,14-15H,12-13H2,1-4H3,(H,27,29)/t14-,15-/m1/s1. The highest BCUT2D eigenvalue weighted by atomic mass is 16.5. The number of aromatic nitrogens is 2. The van der Waals surface area contributed by atoms with Crippen LogP contribution in [0.5, 0.6) is 0 Å². The van der Waals surface area contributed by atoms with E-state index in [1.54, 1.807) is 47.4 Å². The van der Waals surface area contributed by atoms with E-state index in [-0.39, 0.29) is 24.0 Å². The number of rotatable bonds is 3. The Morgan fingerprint density at radius 3 is 2.32 bits per heavy atom. The van der Waals surface area contributed by atoms with Crippen molar-refractivity contribution in [2.24, 2.45) is 0 Å². The minimum Gasteiger partial charge on any atom is -0.372 e. The summed E-state index contributed by atoms with van der Waals surface area (Å²) in [6, 6.07) is 12.3. The minimum absolute atomic E-state index is 0.0275. The van der Waals surface area contributed by atoms with Gasteiger partial charge in [-0.3, -0.25) is 9.59 Å². The first-order valence-corrected chi connectivity index (χ1v) is 10.4. The molecule has 160 valence electrons. The van der Waals surface area contributed by atoms with E-state index < -0.39 is 0 Å². The Labute approximate surface area is 181 Å². The lowest BCUT2D eigenvalue weighted by Gasteiger charge is -2.35. The molecule has 1 aliphatic heterocycles. The quantitative estimate of drug-likeness (QED) is 0.700. The first-order chi connectivity index (χ1) is 14.8. The summed E-state index contributed by atoms with van der Waals surface area (Å²) in [6.45, 7) is 8.75. The summed E-state index contributed by atoms with van der Waals surface area (Å²) in [6.07, 6.45) is -0.0551. The van der Waals surface area contributed by atoms with E-state index in [1.807, 2.05) is 27.7 Å². The number of morpholine rings is 1. The van der Waals surface area contributed by atoms with Crippen molar-refractivity contribution in [3.8, 4) is 0 Å². The second-order valence-electron chi connectivity index (χ2n) is 8.07. The van der Waals surface area contributed by atoms with Gasteiger partial charge in [-0.15, -0.1) is 0 Å². The van der Waals surface area contributed by atoms with Crippen LogP contribution in [0, 0.1) is 13.8 Å². The molecular weight excluding hydrogens is 392 g/mol. The van der Waals surface area contributed by atoms with Crippen LogP contribution in [0.25, 0.3) is 11.0 Å². The van der Waals surface area contributed by atoms with Crippen LogP contribution in [-0.2, 0) is 4.74 Å². The molecule has 2 aromatic carbocycles.